The van der Waals surface area contributed by atoms with E-state index in [2.05, 4.69) is 10.1 Å². The number of aromatic hydroxyl groups is 1. The third kappa shape index (κ3) is 2.71. The molecule has 6 nitrogen and oxygen atoms in total. The maximum Gasteiger partial charge on any atom is 0.258 e. The van der Waals surface area contributed by atoms with Crippen LogP contribution in [0.2, 0.25) is 0 Å². The number of ether oxygens (including phenoxy) is 2. The van der Waals surface area contributed by atoms with E-state index in [1.54, 1.807) is 19.2 Å². The second-order valence-electron chi connectivity index (χ2n) is 4.72. The molecule has 0 spiro atoms. The molecule has 2 aromatic rings. The quantitative estimate of drug-likeness (QED) is 0.881. The van der Waals surface area contributed by atoms with Gasteiger partial charge in [-0.25, -0.2) is 0 Å². The molecule has 1 heterocycles. The summed E-state index contributed by atoms with van der Waals surface area (Å²) in [5.74, 6) is 1.31. The summed E-state index contributed by atoms with van der Waals surface area (Å²) in [6.45, 7) is 4.04. The molecule has 0 unspecified atom stereocenters. The molecular weight excluding hydrogens is 272 g/mol. The highest BCUT2D eigenvalue weighted by Gasteiger charge is 2.33. The number of nitrogens with zero attached hydrogens (tertiary/aromatic N) is 2. The van der Waals surface area contributed by atoms with E-state index in [1.807, 2.05) is 13.8 Å². The average Bonchev–Trinajstić information content (AvgIpc) is 3.00. The van der Waals surface area contributed by atoms with Crippen LogP contribution in [0.3, 0.4) is 0 Å². The smallest absolute Gasteiger partial charge is 0.258 e. The fourth-order valence-corrected chi connectivity index (χ4v) is 2.28. The number of aromatic nitrogens is 2. The van der Waals surface area contributed by atoms with Crippen molar-refractivity contribution in [3.8, 4) is 23.0 Å². The van der Waals surface area contributed by atoms with Gasteiger partial charge >= 0.3 is 0 Å². The van der Waals surface area contributed by atoms with E-state index in [0.29, 0.717) is 23.0 Å². The first kappa shape index (κ1) is 15.3. The summed E-state index contributed by atoms with van der Waals surface area (Å²) in [7, 11) is 3.13. The van der Waals surface area contributed by atoms with Crippen molar-refractivity contribution in [2.75, 3.05) is 14.2 Å². The summed E-state index contributed by atoms with van der Waals surface area (Å²) in [5.41, 5.74) is 0.142. The number of benzene rings is 1. The van der Waals surface area contributed by atoms with Crippen molar-refractivity contribution in [2.24, 2.45) is 0 Å². The highest BCUT2D eigenvalue weighted by molar-refractivity contribution is 5.59. The van der Waals surface area contributed by atoms with Gasteiger partial charge in [0, 0.05) is 12.7 Å². The van der Waals surface area contributed by atoms with E-state index in [-0.39, 0.29) is 5.75 Å². The van der Waals surface area contributed by atoms with Gasteiger partial charge in [-0.3, -0.25) is 0 Å². The molecule has 0 aliphatic rings. The maximum absolute atomic E-state index is 9.62. The van der Waals surface area contributed by atoms with Crippen molar-refractivity contribution in [3.05, 3.63) is 24.0 Å². The monoisotopic (exact) mass is 292 g/mol. The average molecular weight is 292 g/mol. The SMILES string of the molecule is CCC(CC)(OC)c1noc(-c2ccc(O)c(OC)c2)n1. The minimum atomic E-state index is -0.539. The highest BCUT2D eigenvalue weighted by atomic mass is 16.5. The van der Waals surface area contributed by atoms with E-state index in [9.17, 15) is 5.11 Å². The number of hydrogen-bond acceptors (Lipinski definition) is 6. The van der Waals surface area contributed by atoms with Crippen LogP contribution in [-0.4, -0.2) is 29.5 Å². The van der Waals surface area contributed by atoms with Crippen LogP contribution in [0.5, 0.6) is 11.5 Å². The molecule has 1 aromatic heterocycles. The van der Waals surface area contributed by atoms with Crippen molar-refractivity contribution < 1.29 is 19.1 Å². The van der Waals surface area contributed by atoms with Gasteiger partial charge < -0.3 is 19.1 Å². The summed E-state index contributed by atoms with van der Waals surface area (Å²) >= 11 is 0. The van der Waals surface area contributed by atoms with Crippen LogP contribution >= 0.6 is 0 Å². The molecule has 6 heteroatoms. The van der Waals surface area contributed by atoms with E-state index in [0.717, 1.165) is 12.8 Å². The molecule has 0 bridgehead atoms. The minimum absolute atomic E-state index is 0.0642. The van der Waals surface area contributed by atoms with Crippen LogP contribution in [0.15, 0.2) is 22.7 Å². The van der Waals surface area contributed by atoms with Gasteiger partial charge in [-0.2, -0.15) is 4.98 Å². The Morgan fingerprint density at radius 1 is 1.24 bits per heavy atom. The molecule has 2 rings (SSSR count). The Bertz CT molecular complexity index is 597. The zero-order valence-electron chi connectivity index (χ0n) is 12.7. The van der Waals surface area contributed by atoms with Gasteiger partial charge in [0.25, 0.3) is 5.89 Å². The second kappa shape index (κ2) is 6.13. The molecule has 0 saturated heterocycles. The zero-order valence-corrected chi connectivity index (χ0v) is 12.7. The Hall–Kier alpha value is -2.08. The maximum atomic E-state index is 9.62. The molecule has 114 valence electrons. The summed E-state index contributed by atoms with van der Waals surface area (Å²) in [6, 6.07) is 4.88. The van der Waals surface area contributed by atoms with E-state index >= 15 is 0 Å². The van der Waals surface area contributed by atoms with E-state index in [4.69, 9.17) is 14.0 Å². The fraction of sp³-hybridized carbons (Fsp3) is 0.467. The molecule has 0 fully saturated rings. The first-order valence-corrected chi connectivity index (χ1v) is 6.87. The van der Waals surface area contributed by atoms with Gasteiger partial charge in [-0.1, -0.05) is 19.0 Å². The molecule has 0 aliphatic heterocycles. The van der Waals surface area contributed by atoms with Gasteiger partial charge in [0.05, 0.1) is 7.11 Å². The topological polar surface area (TPSA) is 77.6 Å². The Labute approximate surface area is 123 Å². The molecule has 0 amide bonds. The van der Waals surface area contributed by atoms with Crippen molar-refractivity contribution in [2.45, 2.75) is 32.3 Å². The van der Waals surface area contributed by atoms with Crippen LogP contribution in [0.25, 0.3) is 11.5 Å². The lowest BCUT2D eigenvalue weighted by Crippen LogP contribution is -2.28. The Morgan fingerprint density at radius 2 is 1.95 bits per heavy atom. The van der Waals surface area contributed by atoms with E-state index in [1.165, 1.54) is 13.2 Å². The number of methoxy groups -OCH3 is 2. The summed E-state index contributed by atoms with van der Waals surface area (Å²) in [6.07, 6.45) is 1.50. The van der Waals surface area contributed by atoms with Crippen LogP contribution in [0.1, 0.15) is 32.5 Å². The van der Waals surface area contributed by atoms with Crippen LogP contribution in [-0.2, 0) is 10.3 Å². The fourth-order valence-electron chi connectivity index (χ4n) is 2.28. The first-order valence-electron chi connectivity index (χ1n) is 6.87. The lowest BCUT2D eigenvalue weighted by atomic mass is 9.96. The van der Waals surface area contributed by atoms with Gasteiger partial charge in [-0.05, 0) is 31.0 Å². The normalized spacial score (nSPS) is 11.6. The lowest BCUT2D eigenvalue weighted by molar-refractivity contribution is -0.0306. The van der Waals surface area contributed by atoms with Crippen molar-refractivity contribution >= 4 is 0 Å². The highest BCUT2D eigenvalue weighted by Crippen LogP contribution is 2.34. The molecular formula is C15H20N2O4. The summed E-state index contributed by atoms with van der Waals surface area (Å²) < 4.78 is 16.0. The molecule has 21 heavy (non-hydrogen) atoms. The minimum Gasteiger partial charge on any atom is -0.504 e. The third-order valence-electron chi connectivity index (χ3n) is 3.79. The molecule has 0 atom stereocenters. The number of phenolic OH excluding ortho intramolecular Hbond substituents is 1. The summed E-state index contributed by atoms with van der Waals surface area (Å²) in [5, 5.41) is 13.7. The first-order chi connectivity index (χ1) is 10.1. The molecule has 1 N–H and O–H groups in total. The zero-order chi connectivity index (χ0) is 15.5. The third-order valence-corrected chi connectivity index (χ3v) is 3.79. The standard InChI is InChI=1S/C15H20N2O4/c1-5-15(6-2,20-4)14-16-13(21-17-14)10-7-8-11(18)12(9-10)19-3/h7-9,18H,5-6H2,1-4H3. The molecule has 0 radical (unpaired) electrons. The molecule has 0 aliphatic carbocycles. The summed E-state index contributed by atoms with van der Waals surface area (Å²) in [4.78, 5) is 4.43. The van der Waals surface area contributed by atoms with Crippen LogP contribution in [0.4, 0.5) is 0 Å². The van der Waals surface area contributed by atoms with Crippen molar-refractivity contribution in [1.29, 1.82) is 0 Å². The van der Waals surface area contributed by atoms with Gasteiger partial charge in [-0.15, -0.1) is 0 Å². The Kier molecular flexibility index (Phi) is 4.47. The predicted octanol–water partition coefficient (Wildman–Crippen LogP) is 3.11. The number of hydrogen-bond donors (Lipinski definition) is 1. The molecule has 0 saturated carbocycles. The predicted molar refractivity (Wildman–Crippen MR) is 77.2 cm³/mol. The Morgan fingerprint density at radius 3 is 2.52 bits per heavy atom. The van der Waals surface area contributed by atoms with Crippen molar-refractivity contribution in [1.82, 2.24) is 10.1 Å². The second-order valence-corrected chi connectivity index (χ2v) is 4.72. The van der Waals surface area contributed by atoms with Gasteiger partial charge in [0.15, 0.2) is 11.5 Å². The van der Waals surface area contributed by atoms with Gasteiger partial charge in [0.1, 0.15) is 5.60 Å². The number of rotatable bonds is 6. The Balaban J connectivity index is 2.40. The van der Waals surface area contributed by atoms with Crippen LogP contribution < -0.4 is 4.74 Å². The van der Waals surface area contributed by atoms with Gasteiger partial charge in [0.2, 0.25) is 5.82 Å². The van der Waals surface area contributed by atoms with Crippen molar-refractivity contribution in [3.63, 3.8) is 0 Å². The lowest BCUT2D eigenvalue weighted by Gasteiger charge is -2.25. The molecule has 1 aromatic carbocycles. The van der Waals surface area contributed by atoms with E-state index < -0.39 is 5.60 Å². The number of phenols is 1. The van der Waals surface area contributed by atoms with Crippen LogP contribution in [0, 0.1) is 0 Å². The largest absolute Gasteiger partial charge is 0.504 e.